The summed E-state index contributed by atoms with van der Waals surface area (Å²) in [4.78, 5) is 11.3. The molecule has 4 nitrogen and oxygen atoms in total. The Balaban J connectivity index is 2.75. The molecule has 0 N–H and O–H groups in total. The average molecular weight is 232 g/mol. The molecule has 0 amide bonds. The van der Waals surface area contributed by atoms with E-state index in [-0.39, 0.29) is 5.56 Å². The lowest BCUT2D eigenvalue weighted by Gasteiger charge is -2.01. The van der Waals surface area contributed by atoms with Crippen LogP contribution in [0.3, 0.4) is 0 Å². The minimum Gasteiger partial charge on any atom is -0.291 e. The minimum absolute atomic E-state index is 0.179. The molecule has 0 aliphatic heterocycles. The summed E-state index contributed by atoms with van der Waals surface area (Å²) in [5.41, 5.74) is -0.179. The molecule has 0 aromatic heterocycles. The van der Waals surface area contributed by atoms with E-state index in [0.29, 0.717) is 0 Å². The second-order valence-corrected chi connectivity index (χ2v) is 4.51. The standard InChI is InChI=1S/C9H9FO4S/c1-15(12,13)14-6-9(11)7-4-2-3-5-8(7)10/h2-5H,6H2,1H3. The fourth-order valence-corrected chi connectivity index (χ4v) is 1.25. The third-order valence-corrected chi connectivity index (χ3v) is 2.12. The summed E-state index contributed by atoms with van der Waals surface area (Å²) in [6.45, 7) is -0.681. The molecule has 0 radical (unpaired) electrons. The molecule has 82 valence electrons. The van der Waals surface area contributed by atoms with Crippen LogP contribution < -0.4 is 0 Å². The molecule has 0 spiro atoms. The van der Waals surface area contributed by atoms with Gasteiger partial charge in [0.05, 0.1) is 11.8 Å². The number of rotatable bonds is 4. The maximum Gasteiger partial charge on any atom is 0.264 e. The quantitative estimate of drug-likeness (QED) is 0.573. The molecule has 0 saturated heterocycles. The van der Waals surface area contributed by atoms with Crippen LogP contribution in [0.1, 0.15) is 10.4 Å². The Kier molecular flexibility index (Phi) is 3.54. The lowest BCUT2D eigenvalue weighted by atomic mass is 10.1. The molecule has 0 fully saturated rings. The zero-order valence-electron chi connectivity index (χ0n) is 7.94. The maximum absolute atomic E-state index is 13.0. The van der Waals surface area contributed by atoms with Gasteiger partial charge < -0.3 is 0 Å². The van der Waals surface area contributed by atoms with Crippen molar-refractivity contribution in [3.05, 3.63) is 35.6 Å². The Labute approximate surface area is 86.8 Å². The molecule has 1 aromatic carbocycles. The van der Waals surface area contributed by atoms with E-state index in [1.165, 1.54) is 18.2 Å². The van der Waals surface area contributed by atoms with Crippen molar-refractivity contribution in [1.82, 2.24) is 0 Å². The predicted octanol–water partition coefficient (Wildman–Crippen LogP) is 0.985. The Morgan fingerprint density at radius 1 is 1.40 bits per heavy atom. The third kappa shape index (κ3) is 3.77. The molecule has 0 aliphatic rings. The highest BCUT2D eigenvalue weighted by Gasteiger charge is 2.13. The molecule has 1 aromatic rings. The van der Waals surface area contributed by atoms with E-state index in [1.807, 2.05) is 0 Å². The van der Waals surface area contributed by atoms with Crippen LogP contribution in [0.4, 0.5) is 4.39 Å². The summed E-state index contributed by atoms with van der Waals surface area (Å²) in [7, 11) is -3.68. The van der Waals surface area contributed by atoms with Crippen molar-refractivity contribution in [2.75, 3.05) is 12.9 Å². The van der Waals surface area contributed by atoms with Crippen LogP contribution in [0.2, 0.25) is 0 Å². The van der Waals surface area contributed by atoms with E-state index in [4.69, 9.17) is 0 Å². The fraction of sp³-hybridized carbons (Fsp3) is 0.222. The smallest absolute Gasteiger partial charge is 0.264 e. The van der Waals surface area contributed by atoms with Crippen LogP contribution >= 0.6 is 0 Å². The van der Waals surface area contributed by atoms with Gasteiger partial charge in [0.15, 0.2) is 5.78 Å². The van der Waals surface area contributed by atoms with Gasteiger partial charge in [-0.25, -0.2) is 4.39 Å². The van der Waals surface area contributed by atoms with E-state index in [9.17, 15) is 17.6 Å². The van der Waals surface area contributed by atoms with Gasteiger partial charge in [-0.2, -0.15) is 8.42 Å². The van der Waals surface area contributed by atoms with Crippen LogP contribution in [0.5, 0.6) is 0 Å². The SMILES string of the molecule is CS(=O)(=O)OCC(=O)c1ccccc1F. The van der Waals surface area contributed by atoms with E-state index < -0.39 is 28.3 Å². The van der Waals surface area contributed by atoms with Gasteiger partial charge in [0, 0.05) is 0 Å². The third-order valence-electron chi connectivity index (χ3n) is 1.58. The zero-order valence-corrected chi connectivity index (χ0v) is 8.75. The Morgan fingerprint density at radius 2 is 2.00 bits per heavy atom. The van der Waals surface area contributed by atoms with Gasteiger partial charge in [0.2, 0.25) is 0 Å². The monoisotopic (exact) mass is 232 g/mol. The number of Topliss-reactive ketones (excluding diaryl/α,β-unsaturated/α-hetero) is 1. The van der Waals surface area contributed by atoms with Gasteiger partial charge in [0.1, 0.15) is 12.4 Å². The summed E-state index contributed by atoms with van der Waals surface area (Å²) >= 11 is 0. The molecule has 0 atom stereocenters. The number of hydrogen-bond acceptors (Lipinski definition) is 4. The number of ketones is 1. The van der Waals surface area contributed by atoms with Crippen molar-refractivity contribution in [3.8, 4) is 0 Å². The average Bonchev–Trinajstić information content (AvgIpc) is 2.14. The molecule has 6 heteroatoms. The molecule has 0 bridgehead atoms. The first-order valence-corrected chi connectivity index (χ1v) is 5.84. The van der Waals surface area contributed by atoms with Crippen molar-refractivity contribution in [2.45, 2.75) is 0 Å². The predicted molar refractivity (Wildman–Crippen MR) is 51.5 cm³/mol. The minimum atomic E-state index is -3.68. The van der Waals surface area contributed by atoms with Gasteiger partial charge in [-0.3, -0.25) is 8.98 Å². The highest BCUT2D eigenvalue weighted by atomic mass is 32.2. The molecular formula is C9H9FO4S. The summed E-state index contributed by atoms with van der Waals surface area (Å²) in [6, 6.07) is 5.30. The normalized spacial score (nSPS) is 11.3. The second-order valence-electron chi connectivity index (χ2n) is 2.87. The highest BCUT2D eigenvalue weighted by Crippen LogP contribution is 2.07. The molecule has 0 unspecified atom stereocenters. The van der Waals surface area contributed by atoms with Gasteiger partial charge in [-0.05, 0) is 12.1 Å². The highest BCUT2D eigenvalue weighted by molar-refractivity contribution is 7.86. The molecule has 1 rings (SSSR count). The van der Waals surface area contributed by atoms with Gasteiger partial charge in [-0.15, -0.1) is 0 Å². The second kappa shape index (κ2) is 4.50. The molecule has 15 heavy (non-hydrogen) atoms. The number of benzene rings is 1. The first-order valence-electron chi connectivity index (χ1n) is 4.02. The largest absolute Gasteiger partial charge is 0.291 e. The molecule has 0 saturated carbocycles. The first kappa shape index (κ1) is 11.8. The first-order chi connectivity index (χ1) is 6.90. The lowest BCUT2D eigenvalue weighted by Crippen LogP contribution is -2.14. The van der Waals surface area contributed by atoms with E-state index >= 15 is 0 Å². The zero-order chi connectivity index (χ0) is 11.5. The van der Waals surface area contributed by atoms with Gasteiger partial charge in [0.25, 0.3) is 10.1 Å². The van der Waals surface area contributed by atoms with Crippen LogP contribution in [0, 0.1) is 5.82 Å². The number of carbonyl (C=O) groups excluding carboxylic acids is 1. The van der Waals surface area contributed by atoms with E-state index in [2.05, 4.69) is 4.18 Å². The summed E-state index contributed by atoms with van der Waals surface area (Å²) in [5, 5.41) is 0. The molecule has 0 heterocycles. The van der Waals surface area contributed by atoms with Crippen molar-refractivity contribution in [1.29, 1.82) is 0 Å². The van der Waals surface area contributed by atoms with Crippen LogP contribution in [-0.4, -0.2) is 27.1 Å². The summed E-state index contributed by atoms with van der Waals surface area (Å²) < 4.78 is 38.5. The number of hydrogen-bond donors (Lipinski definition) is 0. The Hall–Kier alpha value is -1.27. The van der Waals surface area contributed by atoms with Gasteiger partial charge in [-0.1, -0.05) is 12.1 Å². The van der Waals surface area contributed by atoms with Crippen LogP contribution in [-0.2, 0) is 14.3 Å². The molecular weight excluding hydrogens is 223 g/mol. The lowest BCUT2D eigenvalue weighted by molar-refractivity contribution is 0.0921. The summed E-state index contributed by atoms with van der Waals surface area (Å²) in [5.74, 6) is -1.40. The van der Waals surface area contributed by atoms with E-state index in [0.717, 1.165) is 12.3 Å². The van der Waals surface area contributed by atoms with Crippen molar-refractivity contribution in [2.24, 2.45) is 0 Å². The van der Waals surface area contributed by atoms with Gasteiger partial charge >= 0.3 is 0 Å². The van der Waals surface area contributed by atoms with Crippen molar-refractivity contribution in [3.63, 3.8) is 0 Å². The fourth-order valence-electron chi connectivity index (χ4n) is 0.926. The molecule has 0 aliphatic carbocycles. The number of halogens is 1. The van der Waals surface area contributed by atoms with Crippen LogP contribution in [0.25, 0.3) is 0 Å². The Bertz CT molecular complexity index is 467. The summed E-state index contributed by atoms with van der Waals surface area (Å²) in [6.07, 6.45) is 0.821. The maximum atomic E-state index is 13.0. The van der Waals surface area contributed by atoms with Crippen LogP contribution in [0.15, 0.2) is 24.3 Å². The van der Waals surface area contributed by atoms with E-state index in [1.54, 1.807) is 0 Å². The Morgan fingerprint density at radius 3 is 2.53 bits per heavy atom. The van der Waals surface area contributed by atoms with Crippen molar-refractivity contribution < 1.29 is 21.8 Å². The number of carbonyl (C=O) groups is 1. The topological polar surface area (TPSA) is 60.4 Å². The van der Waals surface area contributed by atoms with Crippen molar-refractivity contribution >= 4 is 15.9 Å².